The molecular weight excluding hydrogens is 1040 g/mol. The molecule has 1 fully saturated rings. The van der Waals surface area contributed by atoms with Gasteiger partial charge >= 0.3 is 11.9 Å². The third kappa shape index (κ3) is 25.6. The molecule has 14 unspecified atom stereocenters. The number of benzene rings is 1. The topological polar surface area (TPSA) is 377 Å². The molecule has 2 heterocycles. The molecule has 80 heavy (non-hydrogen) atoms. The highest BCUT2D eigenvalue weighted by molar-refractivity contribution is 5.96. The maximum Gasteiger partial charge on any atom is 0.313 e. The molecule has 1 aromatic rings. The first-order valence-electron chi connectivity index (χ1n) is 27.1. The molecule has 446 valence electrons. The zero-order valence-electron chi connectivity index (χ0n) is 46.1. The Hall–Kier alpha value is -5.37. The number of hydrogen-bond donors (Lipinski definition) is 12. The van der Waals surface area contributed by atoms with E-state index in [1.807, 2.05) is 19.9 Å². The van der Waals surface area contributed by atoms with Crippen LogP contribution in [0.15, 0.2) is 109 Å². The Bertz CT molecular complexity index is 2280. The number of anilines is 1. The van der Waals surface area contributed by atoms with Gasteiger partial charge in [-0.15, -0.1) is 0 Å². The normalized spacial score (nSPS) is 33.0. The second-order valence-corrected chi connectivity index (χ2v) is 20.9. The van der Waals surface area contributed by atoms with Gasteiger partial charge in [-0.25, -0.2) is 0 Å². The lowest BCUT2D eigenvalue weighted by Gasteiger charge is -2.41. The van der Waals surface area contributed by atoms with E-state index >= 15 is 0 Å². The number of nitrogens with two attached hydrogens (primary N) is 2. The minimum atomic E-state index is -1.84. The summed E-state index contributed by atoms with van der Waals surface area (Å²) in [7, 11) is 1.01. The number of rotatable bonds is 10. The maximum atomic E-state index is 13.3. The number of carbonyl (C=O) groups is 5. The van der Waals surface area contributed by atoms with Gasteiger partial charge in [0.2, 0.25) is 0 Å². The number of nitrogen functional groups attached to an aromatic ring is 1. The number of ether oxygens (including phenoxy) is 4. The Morgan fingerprint density at radius 1 is 0.637 bits per heavy atom. The molecule has 2 aliphatic rings. The molecule has 14 N–H and O–H groups in total. The molecule has 1 saturated heterocycles. The molecule has 0 spiro atoms. The van der Waals surface area contributed by atoms with Gasteiger partial charge in [0.25, 0.3) is 0 Å². The van der Waals surface area contributed by atoms with Gasteiger partial charge in [-0.1, -0.05) is 98.9 Å². The number of hydrogen-bond acceptors (Lipinski definition) is 21. The van der Waals surface area contributed by atoms with Crippen molar-refractivity contribution in [2.75, 3.05) is 12.8 Å². The second-order valence-electron chi connectivity index (χ2n) is 20.9. The van der Waals surface area contributed by atoms with Gasteiger partial charge in [0, 0.05) is 55.7 Å². The van der Waals surface area contributed by atoms with Crippen molar-refractivity contribution in [3.8, 4) is 0 Å². The number of ketones is 3. The summed E-state index contributed by atoms with van der Waals surface area (Å²) < 4.78 is 22.4. The Labute approximate surface area is 468 Å². The number of methoxy groups -OCH3 is 1. The fourth-order valence-electron chi connectivity index (χ4n) is 9.35. The number of cyclic esters (lactones) is 1. The van der Waals surface area contributed by atoms with Crippen molar-refractivity contribution in [2.45, 2.75) is 190 Å². The molecular formula is C59H86N2O19. The predicted octanol–water partition coefficient (Wildman–Crippen LogP) is 2.22. The highest BCUT2D eigenvalue weighted by Crippen LogP contribution is 2.28. The van der Waals surface area contributed by atoms with Crippen molar-refractivity contribution in [1.82, 2.24) is 0 Å². The number of aliphatic hydroxyl groups is 10. The molecule has 0 aliphatic carbocycles. The number of carbonyl (C=O) groups excluding carboxylic acids is 5. The van der Waals surface area contributed by atoms with E-state index in [4.69, 9.17) is 30.4 Å². The summed E-state index contributed by atoms with van der Waals surface area (Å²) in [6.45, 7) is 5.19. The Morgan fingerprint density at radius 2 is 1.14 bits per heavy atom. The van der Waals surface area contributed by atoms with Crippen LogP contribution in [0.1, 0.15) is 108 Å². The summed E-state index contributed by atoms with van der Waals surface area (Å²) in [5.74, 6) is -5.97. The summed E-state index contributed by atoms with van der Waals surface area (Å²) in [6.07, 6.45) is 1.25. The van der Waals surface area contributed by atoms with Crippen LogP contribution in [0.4, 0.5) is 5.69 Å². The molecule has 2 aliphatic heterocycles. The smallest absolute Gasteiger partial charge is 0.313 e. The lowest BCUT2D eigenvalue weighted by Crippen LogP contribution is -2.61. The minimum Gasteiger partial charge on any atom is -0.469 e. The third-order valence-corrected chi connectivity index (χ3v) is 13.8. The SMILES string of the molecule is COC(=O)C1C(O)CC(=O)CC(O)CC(O)CC(O)CC(O)CC(=O)CC(O)CC(=O)OC(C(C)CCC(O)CC(=O)c2ccc(N)cc2)C(C)C=CC=CC=CC=CC=CC=CC=CC(OC2O[C@H](C)[C@@H](O)[C@H](N)[C@@H]2O)CC1O. The predicted molar refractivity (Wildman–Crippen MR) is 296 cm³/mol. The monoisotopic (exact) mass is 1130 g/mol. The molecule has 0 saturated carbocycles. The van der Waals surface area contributed by atoms with Crippen LogP contribution in [0.2, 0.25) is 0 Å². The van der Waals surface area contributed by atoms with E-state index in [-0.39, 0.29) is 36.9 Å². The van der Waals surface area contributed by atoms with Crippen LogP contribution in [0.25, 0.3) is 0 Å². The highest BCUT2D eigenvalue weighted by atomic mass is 16.7. The van der Waals surface area contributed by atoms with Gasteiger partial charge in [-0.05, 0) is 69.2 Å². The van der Waals surface area contributed by atoms with Crippen molar-refractivity contribution in [1.29, 1.82) is 0 Å². The molecule has 1 aromatic carbocycles. The van der Waals surface area contributed by atoms with Crippen molar-refractivity contribution in [3.63, 3.8) is 0 Å². The van der Waals surface area contributed by atoms with Crippen LogP contribution in [0.3, 0.4) is 0 Å². The first-order valence-corrected chi connectivity index (χ1v) is 27.1. The molecule has 3 rings (SSSR count). The second kappa shape index (κ2) is 36.2. The van der Waals surface area contributed by atoms with E-state index in [1.54, 1.807) is 97.2 Å². The summed E-state index contributed by atoms with van der Waals surface area (Å²) >= 11 is 0. The van der Waals surface area contributed by atoms with Gasteiger partial charge in [0.05, 0.1) is 86.7 Å². The molecule has 21 heteroatoms. The lowest BCUT2D eigenvalue weighted by molar-refractivity contribution is -0.277. The largest absolute Gasteiger partial charge is 0.469 e. The molecule has 0 amide bonds. The van der Waals surface area contributed by atoms with Crippen molar-refractivity contribution < 1.29 is 94.0 Å². The zero-order chi connectivity index (χ0) is 59.5. The van der Waals surface area contributed by atoms with E-state index in [9.17, 15) is 75.0 Å². The van der Waals surface area contributed by atoms with Crippen LogP contribution in [0, 0.1) is 17.8 Å². The highest BCUT2D eigenvalue weighted by Gasteiger charge is 2.43. The number of allylic oxidation sites excluding steroid dienone is 12. The first kappa shape index (κ1) is 68.9. The average molecular weight is 1130 g/mol. The molecule has 0 aromatic heterocycles. The van der Waals surface area contributed by atoms with Crippen LogP contribution < -0.4 is 11.5 Å². The molecule has 0 bridgehead atoms. The van der Waals surface area contributed by atoms with Gasteiger partial charge in [0.15, 0.2) is 12.1 Å². The zero-order valence-corrected chi connectivity index (χ0v) is 46.1. The van der Waals surface area contributed by atoms with E-state index in [2.05, 4.69) is 0 Å². The maximum absolute atomic E-state index is 13.3. The molecule has 18 atom stereocenters. The van der Waals surface area contributed by atoms with Crippen molar-refractivity contribution >= 4 is 35.0 Å². The van der Waals surface area contributed by atoms with Crippen LogP contribution >= 0.6 is 0 Å². The molecule has 0 radical (unpaired) electrons. The summed E-state index contributed by atoms with van der Waals surface area (Å²) in [4.78, 5) is 65.1. The van der Waals surface area contributed by atoms with E-state index in [1.165, 1.54) is 13.0 Å². The lowest BCUT2D eigenvalue weighted by atomic mass is 9.88. The minimum absolute atomic E-state index is 0.132. The summed E-state index contributed by atoms with van der Waals surface area (Å²) in [5, 5.41) is 108. The Balaban J connectivity index is 1.84. The van der Waals surface area contributed by atoms with Crippen molar-refractivity contribution in [3.05, 3.63) is 115 Å². The average Bonchev–Trinajstić information content (AvgIpc) is 3.42. The summed E-state index contributed by atoms with van der Waals surface area (Å²) in [6, 6.07) is 5.22. The number of esters is 2. The van der Waals surface area contributed by atoms with E-state index in [0.717, 1.165) is 7.11 Å². The first-order chi connectivity index (χ1) is 37.9. The van der Waals surface area contributed by atoms with Crippen LogP contribution in [-0.2, 0) is 38.1 Å². The van der Waals surface area contributed by atoms with Crippen LogP contribution in [-0.4, -0.2) is 179 Å². The number of aliphatic hydroxyl groups excluding tert-OH is 10. The quantitative estimate of drug-likeness (QED) is 0.0908. The summed E-state index contributed by atoms with van der Waals surface area (Å²) in [5.41, 5.74) is 12.7. The van der Waals surface area contributed by atoms with Crippen molar-refractivity contribution in [2.24, 2.45) is 23.5 Å². The Kier molecular flexibility index (Phi) is 31.1. The van der Waals surface area contributed by atoms with Gasteiger partial charge in [-0.2, -0.15) is 0 Å². The van der Waals surface area contributed by atoms with Gasteiger partial charge < -0.3 is 81.5 Å². The third-order valence-electron chi connectivity index (χ3n) is 13.8. The fraction of sp³-hybridized carbons (Fsp3) is 0.576. The standard InChI is InChI=1S/C59H86N2O19/c1-35-17-15-13-11-9-7-5-6-8-10-12-14-16-18-48(79-59-56(75)54(61)55(74)37(3)78-59)34-51(72)53(58(76)77-4)50(71)32-46(68)29-44(66)27-42(64)25-41(63)26-43(65)28-45(67)30-47(69)33-52(73)80-57(35)36(2)19-24-40(62)31-49(70)38-20-22-39(60)23-21-38/h5-18,20-23,35-37,40-44,47-48,50-51,53-57,59,62-66,69,71-72,74-75H,19,24-34,60-61H2,1-4H3/t35?,36?,37-,40?,41?,42?,43?,44?,47?,48?,50?,51?,53?,54+,55-,56+,57?,59?/m1/s1. The molecule has 21 nitrogen and oxygen atoms in total. The van der Waals surface area contributed by atoms with E-state index < -0.39 is 172 Å². The van der Waals surface area contributed by atoms with Gasteiger partial charge in [-0.3, -0.25) is 24.0 Å². The van der Waals surface area contributed by atoms with Gasteiger partial charge in [0.1, 0.15) is 29.7 Å². The van der Waals surface area contributed by atoms with Crippen LogP contribution in [0.5, 0.6) is 0 Å². The Morgan fingerprint density at radius 3 is 1.69 bits per heavy atom. The number of Topliss-reactive ketones (excluding diaryl/α,β-unsaturated/α-hetero) is 3. The fourth-order valence-corrected chi connectivity index (χ4v) is 9.35. The van der Waals surface area contributed by atoms with E-state index in [0.29, 0.717) is 17.7 Å².